The van der Waals surface area contributed by atoms with E-state index in [0.29, 0.717) is 18.3 Å². The molecule has 1 aliphatic heterocycles. The topological polar surface area (TPSA) is 55.8 Å². The maximum Gasteiger partial charge on any atom is 0.231 e. The molecule has 1 N–H and O–H groups in total. The molecule has 6 rings (SSSR count). The van der Waals surface area contributed by atoms with Crippen molar-refractivity contribution >= 4 is 5.78 Å². The second-order valence-electron chi connectivity index (χ2n) is 11.6. The van der Waals surface area contributed by atoms with E-state index in [1.165, 1.54) is 29.6 Å². The number of ether oxygens (including phenoxy) is 2. The quantitative estimate of drug-likeness (QED) is 0.377. The van der Waals surface area contributed by atoms with Gasteiger partial charge in [-0.3, -0.25) is 4.79 Å². The summed E-state index contributed by atoms with van der Waals surface area (Å²) in [5, 5.41) is 12.1. The number of aliphatic hydroxyl groups is 1. The van der Waals surface area contributed by atoms with Crippen molar-refractivity contribution in [1.82, 2.24) is 0 Å². The third kappa shape index (κ3) is 3.63. The minimum absolute atomic E-state index is 0.183. The molecule has 0 saturated heterocycles. The summed E-state index contributed by atoms with van der Waals surface area (Å²) in [7, 11) is 0. The fourth-order valence-corrected chi connectivity index (χ4v) is 8.00. The van der Waals surface area contributed by atoms with Gasteiger partial charge in [0.2, 0.25) is 6.79 Å². The normalized spacial score (nSPS) is 35.7. The number of hydrogen-bond donors (Lipinski definition) is 1. The highest BCUT2D eigenvalue weighted by atomic mass is 16.7. The lowest BCUT2D eigenvalue weighted by atomic mass is 9.51. The monoisotopic (exact) mass is 474 g/mol. The highest BCUT2D eigenvalue weighted by Crippen LogP contribution is 2.67. The van der Waals surface area contributed by atoms with Gasteiger partial charge in [0.1, 0.15) is 0 Å². The van der Waals surface area contributed by atoms with Crippen molar-refractivity contribution in [1.29, 1.82) is 0 Å². The van der Waals surface area contributed by atoms with E-state index in [9.17, 15) is 9.90 Å². The van der Waals surface area contributed by atoms with Crippen LogP contribution in [-0.4, -0.2) is 23.3 Å². The summed E-state index contributed by atoms with van der Waals surface area (Å²) in [6, 6.07) is 6.41. The third-order valence-electron chi connectivity index (χ3n) is 9.87. The van der Waals surface area contributed by atoms with Crippen LogP contribution < -0.4 is 9.47 Å². The minimum Gasteiger partial charge on any atom is -0.454 e. The lowest BCUT2D eigenvalue weighted by Gasteiger charge is -2.54. The summed E-state index contributed by atoms with van der Waals surface area (Å²) in [6.45, 7) is 4.84. The first-order valence-electron chi connectivity index (χ1n) is 13.7. The smallest absolute Gasteiger partial charge is 0.231 e. The van der Waals surface area contributed by atoms with E-state index in [1.807, 2.05) is 12.1 Å². The molecule has 4 aliphatic carbocycles. The molecule has 5 atom stereocenters. The fraction of sp³-hybridized carbons (Fsp3) is 0.581. The third-order valence-corrected chi connectivity index (χ3v) is 9.87. The van der Waals surface area contributed by atoms with Crippen LogP contribution >= 0.6 is 0 Å². The predicted molar refractivity (Wildman–Crippen MR) is 136 cm³/mol. The number of carbonyl (C=O) groups excluding carboxylic acids is 1. The average molecular weight is 475 g/mol. The van der Waals surface area contributed by atoms with Gasteiger partial charge < -0.3 is 14.6 Å². The van der Waals surface area contributed by atoms with Gasteiger partial charge >= 0.3 is 0 Å². The van der Waals surface area contributed by atoms with E-state index in [4.69, 9.17) is 9.47 Å². The number of carbonyl (C=O) groups is 1. The van der Waals surface area contributed by atoms with Gasteiger partial charge in [0.05, 0.1) is 5.60 Å². The summed E-state index contributed by atoms with van der Waals surface area (Å²) < 4.78 is 11.4. The largest absolute Gasteiger partial charge is 0.454 e. The Morgan fingerprint density at radius 3 is 2.86 bits per heavy atom. The van der Waals surface area contributed by atoms with Crippen molar-refractivity contribution < 1.29 is 19.4 Å². The maximum atomic E-state index is 12.3. The van der Waals surface area contributed by atoms with Crippen LogP contribution in [-0.2, 0) is 4.79 Å². The second-order valence-corrected chi connectivity index (χ2v) is 11.6. The Labute approximate surface area is 209 Å². The molecule has 1 aromatic rings. The van der Waals surface area contributed by atoms with Gasteiger partial charge in [-0.25, -0.2) is 0 Å². The van der Waals surface area contributed by atoms with Crippen molar-refractivity contribution in [2.75, 3.05) is 6.79 Å². The van der Waals surface area contributed by atoms with Crippen molar-refractivity contribution in [2.24, 2.45) is 17.3 Å². The van der Waals surface area contributed by atoms with E-state index in [1.54, 1.807) is 5.57 Å². The molecule has 0 amide bonds. The van der Waals surface area contributed by atoms with Crippen molar-refractivity contribution in [3.63, 3.8) is 0 Å². The van der Waals surface area contributed by atoms with Gasteiger partial charge in [-0.2, -0.15) is 0 Å². The summed E-state index contributed by atoms with van der Waals surface area (Å²) in [5.74, 6) is 3.06. The van der Waals surface area contributed by atoms with Crippen molar-refractivity contribution in [3.05, 3.63) is 58.7 Å². The second kappa shape index (κ2) is 8.65. The molecule has 0 radical (unpaired) electrons. The number of fused-ring (bicyclic) bond motifs is 5. The lowest BCUT2D eigenvalue weighted by molar-refractivity contribution is -0.114. The molecular formula is C31H38O4. The Balaban J connectivity index is 1.46. The Hall–Kier alpha value is -2.33. The zero-order valence-corrected chi connectivity index (χ0v) is 21.1. The molecule has 1 aromatic carbocycles. The number of benzene rings is 1. The molecule has 4 heteroatoms. The SMILES string of the molecule is CCCC/C=C\[C@]1(O)CC[C@H]2[C@@H]3CCC4=CC(=O)CCC4=C3[C@@H](c3ccc4c(c3)OCO4)C[C@@]21C. The van der Waals surface area contributed by atoms with Crippen LogP contribution in [0.1, 0.15) is 89.5 Å². The van der Waals surface area contributed by atoms with Crippen molar-refractivity contribution in [2.45, 2.75) is 89.6 Å². The van der Waals surface area contributed by atoms with Crippen LogP contribution in [0, 0.1) is 17.3 Å². The molecular weight excluding hydrogens is 436 g/mol. The Bertz CT molecular complexity index is 1130. The van der Waals surface area contributed by atoms with Crippen LogP contribution in [0.4, 0.5) is 0 Å². The summed E-state index contributed by atoms with van der Waals surface area (Å²) in [4.78, 5) is 12.3. The molecule has 0 spiro atoms. The van der Waals surface area contributed by atoms with Crippen LogP contribution in [0.2, 0.25) is 0 Å². The number of allylic oxidation sites excluding steroid dienone is 5. The van der Waals surface area contributed by atoms with E-state index < -0.39 is 5.60 Å². The van der Waals surface area contributed by atoms with Gasteiger partial charge in [0.15, 0.2) is 17.3 Å². The first kappa shape index (κ1) is 23.1. The minimum atomic E-state index is -0.769. The molecule has 2 saturated carbocycles. The van der Waals surface area contributed by atoms with Crippen LogP contribution in [0.5, 0.6) is 11.5 Å². The lowest BCUT2D eigenvalue weighted by Crippen LogP contribution is -2.50. The van der Waals surface area contributed by atoms with E-state index in [2.05, 4.69) is 38.1 Å². The molecule has 4 nitrogen and oxygen atoms in total. The Morgan fingerprint density at radius 1 is 1.14 bits per heavy atom. The molecule has 35 heavy (non-hydrogen) atoms. The average Bonchev–Trinajstić information content (AvgIpc) is 3.43. The van der Waals surface area contributed by atoms with Gasteiger partial charge in [-0.05, 0) is 91.7 Å². The number of hydrogen-bond acceptors (Lipinski definition) is 4. The van der Waals surface area contributed by atoms with Gasteiger partial charge in [-0.1, -0.05) is 50.5 Å². The zero-order chi connectivity index (χ0) is 24.2. The summed E-state index contributed by atoms with van der Waals surface area (Å²) >= 11 is 0. The van der Waals surface area contributed by atoms with Gasteiger partial charge in [-0.15, -0.1) is 0 Å². The Morgan fingerprint density at radius 2 is 2.00 bits per heavy atom. The molecule has 5 aliphatic rings. The van der Waals surface area contributed by atoms with Gasteiger partial charge in [0, 0.05) is 17.8 Å². The Kier molecular flexibility index (Phi) is 5.71. The zero-order valence-electron chi connectivity index (χ0n) is 21.1. The summed E-state index contributed by atoms with van der Waals surface area (Å²) in [6.07, 6.45) is 16.1. The van der Waals surface area contributed by atoms with Crippen LogP contribution in [0.3, 0.4) is 0 Å². The highest BCUT2D eigenvalue weighted by Gasteiger charge is 2.62. The predicted octanol–water partition coefficient (Wildman–Crippen LogP) is 6.79. The first-order valence-corrected chi connectivity index (χ1v) is 13.7. The molecule has 0 unspecified atom stereocenters. The van der Waals surface area contributed by atoms with Crippen molar-refractivity contribution in [3.8, 4) is 11.5 Å². The van der Waals surface area contributed by atoms with E-state index in [0.717, 1.165) is 56.4 Å². The van der Waals surface area contributed by atoms with E-state index in [-0.39, 0.29) is 23.9 Å². The highest BCUT2D eigenvalue weighted by molar-refractivity contribution is 5.93. The van der Waals surface area contributed by atoms with Gasteiger partial charge in [0.25, 0.3) is 0 Å². The fourth-order valence-electron chi connectivity index (χ4n) is 8.00. The molecule has 0 bridgehead atoms. The van der Waals surface area contributed by atoms with E-state index >= 15 is 0 Å². The number of unbranched alkanes of at least 4 members (excludes halogenated alkanes) is 2. The van der Waals surface area contributed by atoms with Crippen LogP contribution in [0.25, 0.3) is 0 Å². The maximum absolute atomic E-state index is 12.3. The molecule has 0 aromatic heterocycles. The molecule has 186 valence electrons. The standard InChI is InChI=1S/C31H38O4/c1-3-4-5-6-14-31(33)15-13-26-24-10-7-20-16-22(32)9-11-23(20)29(24)25(18-30(26,31)2)21-8-12-27-28(17-21)35-19-34-27/h6,8,12,14,16-17,24-26,33H,3-5,7,9-11,13,15,18-19H2,1-2H3/b14-6-/t24-,25+,26-,30-,31-/m0/s1. The van der Waals surface area contributed by atoms with Crippen LogP contribution in [0.15, 0.2) is 53.1 Å². The summed E-state index contributed by atoms with van der Waals surface area (Å²) in [5.41, 5.74) is 4.57. The number of ketones is 1. The molecule has 2 fully saturated rings. The molecule has 1 heterocycles. The first-order chi connectivity index (χ1) is 16.9. The number of rotatable bonds is 5.